The van der Waals surface area contributed by atoms with E-state index in [0.717, 1.165) is 12.8 Å². The van der Waals surface area contributed by atoms with Crippen LogP contribution in [0.1, 0.15) is 52.5 Å². The highest BCUT2D eigenvalue weighted by atomic mass is 79.9. The number of rotatable bonds is 8. The molecule has 1 atom stereocenters. The Balaban J connectivity index is 1.89. The molecular weight excluding hydrogens is 455 g/mol. The number of nitrogens with one attached hydrogen (secondary N) is 1. The molecule has 0 saturated heterocycles. The second-order valence-corrected chi connectivity index (χ2v) is 14.7. The maximum Gasteiger partial charge on any atom is 0.240 e. The minimum Gasteiger partial charge on any atom is -0.489 e. The van der Waals surface area contributed by atoms with Crippen LogP contribution >= 0.6 is 15.9 Å². The lowest BCUT2D eigenvalue weighted by Gasteiger charge is -2.36. The molecule has 1 aromatic carbocycles. The lowest BCUT2D eigenvalue weighted by molar-refractivity contribution is -0.121. The van der Waals surface area contributed by atoms with Gasteiger partial charge in [-0.25, -0.2) is 9.82 Å². The lowest BCUT2D eigenvalue weighted by Crippen LogP contribution is -2.41. The largest absolute Gasteiger partial charge is 0.489 e. The summed E-state index contributed by atoms with van der Waals surface area (Å²) in [7, 11) is -1.73. The Morgan fingerprint density at radius 3 is 2.52 bits per heavy atom. The van der Waals surface area contributed by atoms with E-state index in [9.17, 15) is 9.18 Å². The first-order valence-corrected chi connectivity index (χ1v) is 13.7. The molecule has 8 heteroatoms. The molecule has 1 aromatic rings. The van der Waals surface area contributed by atoms with E-state index in [-0.39, 0.29) is 22.6 Å². The van der Waals surface area contributed by atoms with E-state index in [1.807, 2.05) is 6.92 Å². The van der Waals surface area contributed by atoms with E-state index in [1.165, 1.54) is 6.07 Å². The third-order valence-corrected chi connectivity index (χ3v) is 10.7. The Morgan fingerprint density at radius 2 is 1.93 bits per heavy atom. The predicted molar refractivity (Wildman–Crippen MR) is 120 cm³/mol. The molecule has 1 unspecified atom stereocenters. The highest BCUT2D eigenvalue weighted by Crippen LogP contribution is 2.36. The third kappa shape index (κ3) is 6.36. The predicted octanol–water partition coefficient (Wildman–Crippen LogP) is 5.63. The molecule has 0 aromatic heterocycles. The normalized spacial score (nSPS) is 17.7. The molecule has 0 radical (unpaired) electrons. The third-order valence-electron chi connectivity index (χ3n) is 5.61. The van der Waals surface area contributed by atoms with Gasteiger partial charge in [-0.3, -0.25) is 4.79 Å². The van der Waals surface area contributed by atoms with Crippen molar-refractivity contribution in [3.05, 3.63) is 28.0 Å². The summed E-state index contributed by atoms with van der Waals surface area (Å²) in [6, 6.07) is 3.19. The van der Waals surface area contributed by atoms with Crippen LogP contribution in [-0.4, -0.2) is 33.2 Å². The van der Waals surface area contributed by atoms with Gasteiger partial charge in [0.05, 0.1) is 16.8 Å². The Kier molecular flexibility index (Phi) is 8.04. The van der Waals surface area contributed by atoms with Gasteiger partial charge in [0.1, 0.15) is 0 Å². The van der Waals surface area contributed by atoms with Gasteiger partial charge in [0.2, 0.25) is 5.91 Å². The zero-order chi connectivity index (χ0) is 21.8. The van der Waals surface area contributed by atoms with Gasteiger partial charge in [-0.05, 0) is 59.0 Å². The minimum absolute atomic E-state index is 0.0669. The SMILES string of the molecule is CC1CC(=O)NN=C1c1cc(F)c(OCCCCO[Si](C)(C)C(C)(C)C)c(Br)c1. The van der Waals surface area contributed by atoms with Crippen LogP contribution in [0.2, 0.25) is 18.1 Å². The van der Waals surface area contributed by atoms with Crippen molar-refractivity contribution in [2.45, 2.75) is 65.1 Å². The second-order valence-electron chi connectivity index (χ2n) is 9.07. The Morgan fingerprint density at radius 1 is 1.28 bits per heavy atom. The fourth-order valence-electron chi connectivity index (χ4n) is 2.77. The average molecular weight is 487 g/mol. The van der Waals surface area contributed by atoms with Crippen molar-refractivity contribution in [1.82, 2.24) is 5.43 Å². The van der Waals surface area contributed by atoms with Gasteiger partial charge in [0, 0.05) is 24.5 Å². The maximum absolute atomic E-state index is 14.6. The highest BCUT2D eigenvalue weighted by molar-refractivity contribution is 9.10. The number of carbonyl (C=O) groups is 1. The van der Waals surface area contributed by atoms with Crippen LogP contribution in [-0.2, 0) is 9.22 Å². The monoisotopic (exact) mass is 486 g/mol. The molecule has 162 valence electrons. The average Bonchev–Trinajstić information content (AvgIpc) is 2.58. The van der Waals surface area contributed by atoms with Crippen LogP contribution in [0.15, 0.2) is 21.7 Å². The van der Waals surface area contributed by atoms with Gasteiger partial charge in [-0.2, -0.15) is 5.10 Å². The van der Waals surface area contributed by atoms with Crippen molar-refractivity contribution in [2.24, 2.45) is 11.0 Å². The highest BCUT2D eigenvalue weighted by Gasteiger charge is 2.36. The Bertz CT molecular complexity index is 755. The molecule has 1 aliphatic heterocycles. The van der Waals surface area contributed by atoms with Crippen LogP contribution < -0.4 is 10.2 Å². The molecule has 1 N–H and O–H groups in total. The molecule has 1 amide bonds. The zero-order valence-electron chi connectivity index (χ0n) is 18.2. The van der Waals surface area contributed by atoms with Crippen molar-refractivity contribution >= 4 is 35.9 Å². The van der Waals surface area contributed by atoms with Gasteiger partial charge in [-0.1, -0.05) is 27.7 Å². The zero-order valence-corrected chi connectivity index (χ0v) is 20.8. The number of benzene rings is 1. The lowest BCUT2D eigenvalue weighted by atomic mass is 9.94. The number of hydrazone groups is 1. The van der Waals surface area contributed by atoms with Gasteiger partial charge in [0.25, 0.3) is 0 Å². The minimum atomic E-state index is -1.73. The fraction of sp³-hybridized carbons (Fsp3) is 0.619. The quantitative estimate of drug-likeness (QED) is 0.382. The van der Waals surface area contributed by atoms with Crippen LogP contribution in [0.4, 0.5) is 4.39 Å². The number of amides is 1. The van der Waals surface area contributed by atoms with E-state index in [1.54, 1.807) is 6.07 Å². The summed E-state index contributed by atoms with van der Waals surface area (Å²) < 4.78 is 27.0. The van der Waals surface area contributed by atoms with E-state index >= 15 is 0 Å². The first kappa shape index (κ1) is 24.0. The number of nitrogens with zero attached hydrogens (tertiary/aromatic N) is 1. The Hall–Kier alpha value is -1.25. The molecule has 29 heavy (non-hydrogen) atoms. The molecule has 0 spiro atoms. The summed E-state index contributed by atoms with van der Waals surface area (Å²) in [5.41, 5.74) is 3.76. The molecule has 5 nitrogen and oxygen atoms in total. The van der Waals surface area contributed by atoms with Gasteiger partial charge >= 0.3 is 0 Å². The summed E-state index contributed by atoms with van der Waals surface area (Å²) >= 11 is 3.40. The van der Waals surface area contributed by atoms with Crippen molar-refractivity contribution in [1.29, 1.82) is 0 Å². The molecule has 0 saturated carbocycles. The van der Waals surface area contributed by atoms with Gasteiger partial charge in [0.15, 0.2) is 19.9 Å². The van der Waals surface area contributed by atoms with Crippen LogP contribution in [0, 0.1) is 11.7 Å². The molecular formula is C21H32BrFN2O3Si. The molecule has 2 rings (SSSR count). The van der Waals surface area contributed by atoms with E-state index < -0.39 is 14.1 Å². The second kappa shape index (κ2) is 9.70. The first-order valence-electron chi connectivity index (χ1n) is 10.0. The number of ether oxygens (including phenoxy) is 1. The summed E-state index contributed by atoms with van der Waals surface area (Å²) in [5, 5.41) is 4.28. The topological polar surface area (TPSA) is 59.9 Å². The first-order chi connectivity index (χ1) is 13.4. The fourth-order valence-corrected chi connectivity index (χ4v) is 4.41. The summed E-state index contributed by atoms with van der Waals surface area (Å²) in [6.07, 6.45) is 2.00. The smallest absolute Gasteiger partial charge is 0.240 e. The molecule has 0 fully saturated rings. The molecule has 0 bridgehead atoms. The number of halogens is 2. The van der Waals surface area contributed by atoms with Crippen molar-refractivity contribution in [3.63, 3.8) is 0 Å². The number of unbranched alkanes of at least 4 members (excludes halogenated alkanes) is 1. The van der Waals surface area contributed by atoms with Crippen molar-refractivity contribution in [2.75, 3.05) is 13.2 Å². The van der Waals surface area contributed by atoms with E-state index in [2.05, 4.69) is 60.3 Å². The standard InChI is InChI=1S/C21H32BrFN2O3Si/c1-14-11-18(26)24-25-19(14)15-12-16(22)20(17(23)13-15)27-9-7-8-10-28-29(5,6)21(2,3)4/h12-14H,7-11H2,1-6H3,(H,24,26). The molecule has 0 aliphatic carbocycles. The van der Waals surface area contributed by atoms with Gasteiger partial charge < -0.3 is 9.16 Å². The van der Waals surface area contributed by atoms with Crippen LogP contribution in [0.3, 0.4) is 0 Å². The summed E-state index contributed by atoms with van der Waals surface area (Å²) in [4.78, 5) is 11.4. The maximum atomic E-state index is 14.6. The van der Waals surface area contributed by atoms with E-state index in [0.29, 0.717) is 35.4 Å². The van der Waals surface area contributed by atoms with Crippen molar-refractivity contribution in [3.8, 4) is 5.75 Å². The van der Waals surface area contributed by atoms with E-state index in [4.69, 9.17) is 9.16 Å². The summed E-state index contributed by atoms with van der Waals surface area (Å²) in [5.74, 6) is -0.438. The molecule has 1 aliphatic rings. The van der Waals surface area contributed by atoms with Crippen molar-refractivity contribution < 1.29 is 18.3 Å². The summed E-state index contributed by atoms with van der Waals surface area (Å²) in [6.45, 7) is 14.2. The molecule has 1 heterocycles. The number of hydrogen-bond donors (Lipinski definition) is 1. The van der Waals surface area contributed by atoms with Gasteiger partial charge in [-0.15, -0.1) is 0 Å². The van der Waals surface area contributed by atoms with Crippen LogP contribution in [0.25, 0.3) is 0 Å². The van der Waals surface area contributed by atoms with Crippen LogP contribution in [0.5, 0.6) is 5.75 Å². The number of carbonyl (C=O) groups excluding carboxylic acids is 1. The Labute approximate surface area is 182 Å². The number of hydrogen-bond acceptors (Lipinski definition) is 4.